The summed E-state index contributed by atoms with van der Waals surface area (Å²) in [6, 6.07) is 13.5. The van der Waals surface area contributed by atoms with Crippen molar-refractivity contribution in [1.29, 1.82) is 0 Å². The summed E-state index contributed by atoms with van der Waals surface area (Å²) in [7, 11) is 0. The Bertz CT molecular complexity index is 689. The van der Waals surface area contributed by atoms with Crippen molar-refractivity contribution in [3.8, 4) is 11.5 Å². The van der Waals surface area contributed by atoms with E-state index in [0.717, 1.165) is 25.0 Å². The normalized spacial score (nSPS) is 10.2. The number of carbonyl (C=O) groups is 2. The number of hydrogen-bond donors (Lipinski definition) is 0. The molecule has 0 atom stereocenters. The Morgan fingerprint density at radius 2 is 1.67 bits per heavy atom. The van der Waals surface area contributed by atoms with Gasteiger partial charge in [0.25, 0.3) is 0 Å². The number of ketones is 1. The van der Waals surface area contributed by atoms with Gasteiger partial charge in [-0.25, -0.2) is 4.79 Å². The molecule has 0 unspecified atom stereocenters. The lowest BCUT2D eigenvalue weighted by Gasteiger charge is -2.09. The van der Waals surface area contributed by atoms with Gasteiger partial charge in [-0.3, -0.25) is 4.79 Å². The minimum atomic E-state index is -0.499. The highest BCUT2D eigenvalue weighted by Gasteiger charge is 2.13. The van der Waals surface area contributed by atoms with Gasteiger partial charge in [-0.05, 0) is 49.7 Å². The molecule has 0 heterocycles. The van der Waals surface area contributed by atoms with Crippen LogP contribution in [0, 0.1) is 0 Å². The number of rotatable bonds is 8. The SMILES string of the molecule is CCCCCOc1ccc(C(=O)Oc2ccccc2C(C)=O)cc1. The highest BCUT2D eigenvalue weighted by molar-refractivity contribution is 5.99. The second kappa shape index (κ2) is 8.87. The van der Waals surface area contributed by atoms with E-state index in [2.05, 4.69) is 6.92 Å². The first-order valence-electron chi connectivity index (χ1n) is 8.17. The fourth-order valence-electron chi connectivity index (χ4n) is 2.23. The fourth-order valence-corrected chi connectivity index (χ4v) is 2.23. The number of unbranched alkanes of at least 4 members (excludes halogenated alkanes) is 2. The second-order valence-corrected chi connectivity index (χ2v) is 5.52. The summed E-state index contributed by atoms with van der Waals surface area (Å²) < 4.78 is 11.0. The average molecular weight is 326 g/mol. The molecule has 0 spiro atoms. The molecule has 0 radical (unpaired) electrons. The molecule has 0 bridgehead atoms. The summed E-state index contributed by atoms with van der Waals surface area (Å²) in [5.74, 6) is 0.358. The molecule has 2 aromatic carbocycles. The third-order valence-electron chi connectivity index (χ3n) is 3.58. The minimum absolute atomic E-state index is 0.144. The predicted molar refractivity (Wildman–Crippen MR) is 92.9 cm³/mol. The van der Waals surface area contributed by atoms with Gasteiger partial charge in [0.1, 0.15) is 11.5 Å². The maximum Gasteiger partial charge on any atom is 0.343 e. The summed E-state index contributed by atoms with van der Waals surface area (Å²) >= 11 is 0. The topological polar surface area (TPSA) is 52.6 Å². The number of benzene rings is 2. The van der Waals surface area contributed by atoms with Gasteiger partial charge in [-0.2, -0.15) is 0 Å². The Morgan fingerprint density at radius 3 is 2.33 bits per heavy atom. The summed E-state index contributed by atoms with van der Waals surface area (Å²) in [5.41, 5.74) is 0.802. The first kappa shape index (κ1) is 17.7. The highest BCUT2D eigenvalue weighted by atomic mass is 16.5. The number of ether oxygens (including phenoxy) is 2. The van der Waals surface area contributed by atoms with Crippen molar-refractivity contribution < 1.29 is 19.1 Å². The van der Waals surface area contributed by atoms with Crippen LogP contribution >= 0.6 is 0 Å². The summed E-state index contributed by atoms with van der Waals surface area (Å²) in [6.45, 7) is 4.26. The van der Waals surface area contributed by atoms with Gasteiger partial charge in [0.05, 0.1) is 17.7 Å². The fraction of sp³-hybridized carbons (Fsp3) is 0.300. The second-order valence-electron chi connectivity index (χ2n) is 5.52. The molecular formula is C20H22O4. The Morgan fingerprint density at radius 1 is 0.958 bits per heavy atom. The first-order valence-corrected chi connectivity index (χ1v) is 8.17. The summed E-state index contributed by atoms with van der Waals surface area (Å²) in [5, 5.41) is 0. The molecule has 0 aliphatic heterocycles. The molecule has 2 rings (SSSR count). The zero-order valence-electron chi connectivity index (χ0n) is 14.1. The number of esters is 1. The van der Waals surface area contributed by atoms with Gasteiger partial charge in [-0.1, -0.05) is 31.9 Å². The Hall–Kier alpha value is -2.62. The number of hydrogen-bond acceptors (Lipinski definition) is 4. The van der Waals surface area contributed by atoms with Crippen LogP contribution in [0.3, 0.4) is 0 Å². The molecule has 0 aliphatic carbocycles. The zero-order chi connectivity index (χ0) is 17.4. The molecule has 0 fully saturated rings. The van der Waals surface area contributed by atoms with E-state index in [-0.39, 0.29) is 11.5 Å². The maximum atomic E-state index is 12.2. The van der Waals surface area contributed by atoms with Crippen molar-refractivity contribution >= 4 is 11.8 Å². The third kappa shape index (κ3) is 4.95. The average Bonchev–Trinajstić information content (AvgIpc) is 2.59. The van der Waals surface area contributed by atoms with Crippen molar-refractivity contribution in [3.05, 3.63) is 59.7 Å². The van der Waals surface area contributed by atoms with Crippen LogP contribution < -0.4 is 9.47 Å². The third-order valence-corrected chi connectivity index (χ3v) is 3.58. The molecule has 0 amide bonds. The van der Waals surface area contributed by atoms with Crippen LogP contribution in [-0.4, -0.2) is 18.4 Å². The maximum absolute atomic E-state index is 12.2. The lowest BCUT2D eigenvalue weighted by atomic mass is 10.1. The lowest BCUT2D eigenvalue weighted by molar-refractivity contribution is 0.0733. The monoisotopic (exact) mass is 326 g/mol. The highest BCUT2D eigenvalue weighted by Crippen LogP contribution is 2.20. The van der Waals surface area contributed by atoms with E-state index in [0.29, 0.717) is 17.7 Å². The molecule has 4 heteroatoms. The van der Waals surface area contributed by atoms with Gasteiger partial charge < -0.3 is 9.47 Å². The minimum Gasteiger partial charge on any atom is -0.494 e. The molecular weight excluding hydrogens is 304 g/mol. The van der Waals surface area contributed by atoms with E-state index in [1.54, 1.807) is 48.5 Å². The smallest absolute Gasteiger partial charge is 0.343 e. The lowest BCUT2D eigenvalue weighted by Crippen LogP contribution is -2.10. The van der Waals surface area contributed by atoms with Crippen molar-refractivity contribution in [2.45, 2.75) is 33.1 Å². The van der Waals surface area contributed by atoms with E-state index in [4.69, 9.17) is 9.47 Å². The standard InChI is InChI=1S/C20H22O4/c1-3-4-7-14-23-17-12-10-16(11-13-17)20(22)24-19-9-6-5-8-18(19)15(2)21/h5-6,8-13H,3-4,7,14H2,1-2H3. The van der Waals surface area contributed by atoms with E-state index in [1.165, 1.54) is 6.92 Å². The summed E-state index contributed by atoms with van der Waals surface area (Å²) in [6.07, 6.45) is 3.30. The van der Waals surface area contributed by atoms with Crippen molar-refractivity contribution in [2.75, 3.05) is 6.61 Å². The van der Waals surface area contributed by atoms with Gasteiger partial charge in [0.15, 0.2) is 5.78 Å². The van der Waals surface area contributed by atoms with Gasteiger partial charge in [-0.15, -0.1) is 0 Å². The van der Waals surface area contributed by atoms with Crippen molar-refractivity contribution in [3.63, 3.8) is 0 Å². The van der Waals surface area contributed by atoms with Crippen LogP contribution in [0.5, 0.6) is 11.5 Å². The quantitative estimate of drug-likeness (QED) is 0.306. The Balaban J connectivity index is 1.99. The van der Waals surface area contributed by atoms with Crippen LogP contribution in [0.1, 0.15) is 53.8 Å². The molecule has 0 aromatic heterocycles. The molecule has 126 valence electrons. The largest absolute Gasteiger partial charge is 0.494 e. The predicted octanol–water partition coefficient (Wildman–Crippen LogP) is 4.68. The molecule has 0 saturated carbocycles. The molecule has 0 aliphatic rings. The van der Waals surface area contributed by atoms with Crippen LogP contribution in [0.15, 0.2) is 48.5 Å². The number of para-hydroxylation sites is 1. The van der Waals surface area contributed by atoms with E-state index in [9.17, 15) is 9.59 Å². The van der Waals surface area contributed by atoms with E-state index >= 15 is 0 Å². The number of carbonyl (C=O) groups excluding carboxylic acids is 2. The zero-order valence-corrected chi connectivity index (χ0v) is 14.1. The van der Waals surface area contributed by atoms with Gasteiger partial charge in [0.2, 0.25) is 0 Å². The van der Waals surface area contributed by atoms with Crippen LogP contribution in [0.2, 0.25) is 0 Å². The first-order chi connectivity index (χ1) is 11.6. The van der Waals surface area contributed by atoms with E-state index < -0.39 is 5.97 Å². The molecule has 0 N–H and O–H groups in total. The molecule has 0 saturated heterocycles. The van der Waals surface area contributed by atoms with Crippen LogP contribution in [0.25, 0.3) is 0 Å². The van der Waals surface area contributed by atoms with Crippen molar-refractivity contribution in [1.82, 2.24) is 0 Å². The van der Waals surface area contributed by atoms with E-state index in [1.807, 2.05) is 0 Å². The van der Waals surface area contributed by atoms with Crippen molar-refractivity contribution in [2.24, 2.45) is 0 Å². The van der Waals surface area contributed by atoms with Gasteiger partial charge in [0, 0.05) is 0 Å². The Kier molecular flexibility index (Phi) is 6.55. The number of Topliss-reactive ketones (excluding diaryl/α,β-unsaturated/α-hetero) is 1. The summed E-state index contributed by atoms with van der Waals surface area (Å²) in [4.78, 5) is 23.8. The molecule has 24 heavy (non-hydrogen) atoms. The van der Waals surface area contributed by atoms with Crippen LogP contribution in [-0.2, 0) is 0 Å². The van der Waals surface area contributed by atoms with Crippen LogP contribution in [0.4, 0.5) is 0 Å². The van der Waals surface area contributed by atoms with Gasteiger partial charge >= 0.3 is 5.97 Å². The molecule has 2 aromatic rings. The Labute approximate surface area is 142 Å². The molecule has 4 nitrogen and oxygen atoms in total.